The molecule has 26 heavy (non-hydrogen) atoms. The van der Waals surface area contributed by atoms with Crippen molar-refractivity contribution in [1.82, 2.24) is 15.2 Å². The van der Waals surface area contributed by atoms with Gasteiger partial charge < -0.3 is 4.74 Å². The van der Waals surface area contributed by atoms with Gasteiger partial charge in [0.1, 0.15) is 5.52 Å². The number of amides is 1. The molecule has 1 aromatic heterocycles. The topological polar surface area (TPSA) is 68.2 Å². The van der Waals surface area contributed by atoms with Crippen LogP contribution >= 0.6 is 0 Å². The summed E-state index contributed by atoms with van der Waals surface area (Å²) in [5, 5.41) is 7.99. The Kier molecular flexibility index (Phi) is 3.75. The molecule has 6 nitrogen and oxygen atoms in total. The molecule has 132 valence electrons. The maximum atomic E-state index is 14.1. The SMILES string of the molecule is CCc1cccc2c1OC(F)(F)C(=O)N2Cc1nnc2ccccc2n1. The van der Waals surface area contributed by atoms with Crippen LogP contribution in [-0.4, -0.2) is 27.2 Å². The number of para-hydroxylation sites is 2. The molecule has 0 fully saturated rings. The summed E-state index contributed by atoms with van der Waals surface area (Å²) in [6, 6.07) is 12.0. The van der Waals surface area contributed by atoms with Crippen LogP contribution in [0.3, 0.4) is 0 Å². The molecule has 0 atom stereocenters. The molecule has 0 unspecified atom stereocenters. The maximum absolute atomic E-state index is 14.1. The fourth-order valence-electron chi connectivity index (χ4n) is 2.90. The number of halogens is 2. The fraction of sp³-hybridized carbons (Fsp3) is 0.222. The number of carbonyl (C=O) groups is 1. The minimum Gasteiger partial charge on any atom is -0.423 e. The van der Waals surface area contributed by atoms with Crippen LogP contribution in [-0.2, 0) is 17.8 Å². The summed E-state index contributed by atoms with van der Waals surface area (Å²) in [5.74, 6) is -1.27. The van der Waals surface area contributed by atoms with Crippen molar-refractivity contribution < 1.29 is 18.3 Å². The predicted molar refractivity (Wildman–Crippen MR) is 89.9 cm³/mol. The van der Waals surface area contributed by atoms with Gasteiger partial charge in [0.15, 0.2) is 11.6 Å². The number of carbonyl (C=O) groups excluding carboxylic acids is 1. The number of hydrogen-bond acceptors (Lipinski definition) is 5. The lowest BCUT2D eigenvalue weighted by Crippen LogP contribution is -2.50. The average Bonchev–Trinajstić information content (AvgIpc) is 2.64. The molecule has 4 rings (SSSR count). The number of alkyl halides is 2. The van der Waals surface area contributed by atoms with E-state index in [1.54, 1.807) is 42.5 Å². The summed E-state index contributed by atoms with van der Waals surface area (Å²) in [6.45, 7) is 1.60. The van der Waals surface area contributed by atoms with E-state index in [2.05, 4.69) is 15.2 Å². The van der Waals surface area contributed by atoms with Crippen molar-refractivity contribution in [3.8, 4) is 5.75 Å². The van der Waals surface area contributed by atoms with E-state index in [-0.39, 0.29) is 23.8 Å². The Hall–Kier alpha value is -3.16. The van der Waals surface area contributed by atoms with E-state index < -0.39 is 12.0 Å². The third kappa shape index (κ3) is 2.63. The highest BCUT2D eigenvalue weighted by Crippen LogP contribution is 2.42. The van der Waals surface area contributed by atoms with Gasteiger partial charge in [-0.1, -0.05) is 31.2 Å². The van der Waals surface area contributed by atoms with Gasteiger partial charge in [0, 0.05) is 0 Å². The molecule has 0 bridgehead atoms. The molecule has 1 aliphatic heterocycles. The van der Waals surface area contributed by atoms with Crippen molar-refractivity contribution in [2.75, 3.05) is 4.90 Å². The Morgan fingerprint density at radius 2 is 1.85 bits per heavy atom. The van der Waals surface area contributed by atoms with E-state index in [9.17, 15) is 13.6 Å². The lowest BCUT2D eigenvalue weighted by Gasteiger charge is -2.34. The minimum absolute atomic E-state index is 0.00773. The average molecular weight is 356 g/mol. The molecule has 0 saturated heterocycles. The van der Waals surface area contributed by atoms with Gasteiger partial charge >= 0.3 is 12.0 Å². The molecular formula is C18H14F2N4O2. The second kappa shape index (κ2) is 5.98. The molecule has 2 heterocycles. The number of rotatable bonds is 3. The zero-order valence-corrected chi connectivity index (χ0v) is 13.8. The molecule has 1 aliphatic rings. The van der Waals surface area contributed by atoms with Crippen molar-refractivity contribution in [3.63, 3.8) is 0 Å². The first-order valence-electron chi connectivity index (χ1n) is 8.08. The van der Waals surface area contributed by atoms with E-state index in [0.717, 1.165) is 4.90 Å². The Balaban J connectivity index is 1.78. The number of hydrogen-bond donors (Lipinski definition) is 0. The first-order chi connectivity index (χ1) is 12.5. The molecule has 0 aliphatic carbocycles. The van der Waals surface area contributed by atoms with Gasteiger partial charge in [-0.15, -0.1) is 10.2 Å². The van der Waals surface area contributed by atoms with Crippen molar-refractivity contribution in [2.24, 2.45) is 0 Å². The lowest BCUT2D eigenvalue weighted by molar-refractivity contribution is -0.193. The molecule has 0 N–H and O–H groups in total. The quantitative estimate of drug-likeness (QED) is 0.721. The zero-order chi connectivity index (χ0) is 18.3. The number of ether oxygens (including phenoxy) is 1. The molecule has 0 radical (unpaired) electrons. The third-order valence-electron chi connectivity index (χ3n) is 4.18. The fourth-order valence-corrected chi connectivity index (χ4v) is 2.90. The first kappa shape index (κ1) is 16.3. The van der Waals surface area contributed by atoms with Gasteiger partial charge in [-0.2, -0.15) is 8.78 Å². The number of aromatic nitrogens is 3. The Morgan fingerprint density at radius 1 is 1.08 bits per heavy atom. The van der Waals surface area contributed by atoms with Crippen LogP contribution in [0, 0.1) is 0 Å². The van der Waals surface area contributed by atoms with Gasteiger partial charge in [0.2, 0.25) is 0 Å². The number of benzene rings is 2. The molecular weight excluding hydrogens is 342 g/mol. The lowest BCUT2D eigenvalue weighted by atomic mass is 10.1. The summed E-state index contributed by atoms with van der Waals surface area (Å²) in [7, 11) is 0. The summed E-state index contributed by atoms with van der Waals surface area (Å²) < 4.78 is 33.0. The second-order valence-corrected chi connectivity index (χ2v) is 5.85. The Labute approximate surface area is 147 Å². The van der Waals surface area contributed by atoms with Crippen LogP contribution in [0.25, 0.3) is 11.0 Å². The van der Waals surface area contributed by atoms with Crippen LogP contribution in [0.4, 0.5) is 14.5 Å². The minimum atomic E-state index is -3.94. The zero-order valence-electron chi connectivity index (χ0n) is 13.8. The van der Waals surface area contributed by atoms with E-state index in [1.807, 2.05) is 6.92 Å². The predicted octanol–water partition coefficient (Wildman–Crippen LogP) is 3.11. The smallest absolute Gasteiger partial charge is 0.423 e. The molecule has 0 saturated carbocycles. The summed E-state index contributed by atoms with van der Waals surface area (Å²) in [4.78, 5) is 17.5. The highest BCUT2D eigenvalue weighted by molar-refractivity contribution is 6.01. The van der Waals surface area contributed by atoms with E-state index in [1.165, 1.54) is 0 Å². The number of fused-ring (bicyclic) bond motifs is 2. The summed E-state index contributed by atoms with van der Waals surface area (Å²) in [5.41, 5.74) is 2.03. The van der Waals surface area contributed by atoms with Crippen molar-refractivity contribution in [2.45, 2.75) is 26.0 Å². The standard InChI is InChI=1S/C18H14F2N4O2/c1-2-11-6-5-9-14-16(11)26-18(19,20)17(25)24(14)10-15-21-12-7-3-4-8-13(12)22-23-15/h3-9H,2,10H2,1H3. The van der Waals surface area contributed by atoms with Crippen molar-refractivity contribution >= 4 is 22.6 Å². The highest BCUT2D eigenvalue weighted by atomic mass is 19.3. The van der Waals surface area contributed by atoms with Gasteiger partial charge in [-0.25, -0.2) is 4.98 Å². The van der Waals surface area contributed by atoms with Crippen LogP contribution < -0.4 is 9.64 Å². The highest BCUT2D eigenvalue weighted by Gasteiger charge is 2.51. The van der Waals surface area contributed by atoms with Crippen LogP contribution in [0.2, 0.25) is 0 Å². The molecule has 8 heteroatoms. The summed E-state index contributed by atoms with van der Waals surface area (Å²) >= 11 is 0. The Morgan fingerprint density at radius 3 is 2.62 bits per heavy atom. The van der Waals surface area contributed by atoms with Crippen LogP contribution in [0.15, 0.2) is 42.5 Å². The molecule has 0 spiro atoms. The number of aryl methyl sites for hydroxylation is 1. The number of nitrogens with zero attached hydrogens (tertiary/aromatic N) is 4. The van der Waals surface area contributed by atoms with E-state index >= 15 is 0 Å². The Bertz CT molecular complexity index is 1010. The van der Waals surface area contributed by atoms with Crippen LogP contribution in [0.1, 0.15) is 18.3 Å². The maximum Gasteiger partial charge on any atom is 0.483 e. The molecule has 1 amide bonds. The van der Waals surface area contributed by atoms with Gasteiger partial charge in [0.25, 0.3) is 0 Å². The van der Waals surface area contributed by atoms with Gasteiger partial charge in [0.05, 0.1) is 17.7 Å². The van der Waals surface area contributed by atoms with Crippen molar-refractivity contribution in [3.05, 3.63) is 53.9 Å². The third-order valence-corrected chi connectivity index (χ3v) is 4.18. The normalized spacial score (nSPS) is 15.7. The summed E-state index contributed by atoms with van der Waals surface area (Å²) in [6.07, 6.45) is -3.45. The number of anilines is 1. The van der Waals surface area contributed by atoms with Crippen molar-refractivity contribution in [1.29, 1.82) is 0 Å². The van der Waals surface area contributed by atoms with Gasteiger partial charge in [-0.3, -0.25) is 9.69 Å². The van der Waals surface area contributed by atoms with Gasteiger partial charge in [-0.05, 0) is 30.2 Å². The van der Waals surface area contributed by atoms with E-state index in [0.29, 0.717) is 23.0 Å². The second-order valence-electron chi connectivity index (χ2n) is 5.85. The molecule has 2 aromatic carbocycles. The largest absolute Gasteiger partial charge is 0.483 e. The molecule has 3 aromatic rings. The van der Waals surface area contributed by atoms with E-state index in [4.69, 9.17) is 4.74 Å². The van der Waals surface area contributed by atoms with Crippen LogP contribution in [0.5, 0.6) is 5.75 Å². The monoisotopic (exact) mass is 356 g/mol. The first-order valence-corrected chi connectivity index (χ1v) is 8.08.